The van der Waals surface area contributed by atoms with E-state index in [-0.39, 0.29) is 5.69 Å². The maximum Gasteiger partial charge on any atom is 0.271 e. The Morgan fingerprint density at radius 1 is 1.35 bits per heavy atom. The first-order chi connectivity index (χ1) is 9.58. The lowest BCUT2D eigenvalue weighted by Gasteiger charge is -2.23. The van der Waals surface area contributed by atoms with Crippen molar-refractivity contribution in [1.29, 1.82) is 0 Å². The fraction of sp³-hybridized carbons (Fsp3) is 0.538. The van der Waals surface area contributed by atoms with Gasteiger partial charge in [0.25, 0.3) is 5.69 Å². The first-order valence-corrected chi connectivity index (χ1v) is 8.16. The minimum absolute atomic E-state index is 0.0325. The molecular formula is C13H16Br2N2O3. The summed E-state index contributed by atoms with van der Waals surface area (Å²) in [5.41, 5.74) is 0.0325. The Morgan fingerprint density at radius 2 is 2.05 bits per heavy atom. The van der Waals surface area contributed by atoms with Crippen LogP contribution in [0.5, 0.6) is 5.75 Å². The Morgan fingerprint density at radius 3 is 2.60 bits per heavy atom. The van der Waals surface area contributed by atoms with Crippen molar-refractivity contribution in [3.05, 3.63) is 31.2 Å². The van der Waals surface area contributed by atoms with E-state index in [9.17, 15) is 10.1 Å². The smallest absolute Gasteiger partial charge is 0.271 e. The number of non-ortho nitro benzene ring substituents is 1. The maximum atomic E-state index is 10.8. The molecule has 0 bridgehead atoms. The van der Waals surface area contributed by atoms with Crippen molar-refractivity contribution in [3.8, 4) is 5.75 Å². The number of nitro benzene ring substituents is 1. The van der Waals surface area contributed by atoms with Crippen LogP contribution in [0.15, 0.2) is 21.1 Å². The highest BCUT2D eigenvalue weighted by Gasteiger charge is 2.16. The maximum absolute atomic E-state index is 10.8. The van der Waals surface area contributed by atoms with E-state index in [1.165, 1.54) is 31.4 Å². The highest BCUT2D eigenvalue weighted by atomic mass is 79.9. The number of rotatable bonds is 5. The fourth-order valence-electron chi connectivity index (χ4n) is 2.26. The van der Waals surface area contributed by atoms with E-state index in [2.05, 4.69) is 37.2 Å². The lowest BCUT2D eigenvalue weighted by molar-refractivity contribution is -0.385. The first kappa shape index (κ1) is 15.7. The number of nitro groups is 1. The molecule has 1 unspecified atom stereocenters. The number of piperidine rings is 1. The molecule has 0 radical (unpaired) electrons. The molecule has 1 aliphatic rings. The molecule has 1 atom stereocenters. The SMILES string of the molecule is O=[N+]([O-])c1cc(Br)c(OCCC2CCCCN2)c(Br)c1. The van der Waals surface area contributed by atoms with Gasteiger partial charge in [-0.2, -0.15) is 0 Å². The summed E-state index contributed by atoms with van der Waals surface area (Å²) < 4.78 is 6.93. The molecule has 1 saturated heterocycles. The number of nitrogens with one attached hydrogen (secondary N) is 1. The number of halogens is 2. The normalized spacial score (nSPS) is 18.8. The molecule has 110 valence electrons. The molecule has 1 aromatic carbocycles. The minimum atomic E-state index is -0.425. The molecule has 7 heteroatoms. The Balaban J connectivity index is 1.93. The molecule has 1 aromatic rings. The Bertz CT molecular complexity index is 467. The van der Waals surface area contributed by atoms with Gasteiger partial charge in [-0.25, -0.2) is 0 Å². The molecule has 0 saturated carbocycles. The number of benzene rings is 1. The number of nitrogens with zero attached hydrogens (tertiary/aromatic N) is 1. The highest BCUT2D eigenvalue weighted by molar-refractivity contribution is 9.11. The van der Waals surface area contributed by atoms with Gasteiger partial charge in [0.2, 0.25) is 0 Å². The molecule has 20 heavy (non-hydrogen) atoms. The van der Waals surface area contributed by atoms with Gasteiger partial charge in [0, 0.05) is 18.2 Å². The second kappa shape index (κ2) is 7.38. The predicted octanol–water partition coefficient (Wildman–Crippen LogP) is 4.03. The molecule has 0 amide bonds. The van der Waals surface area contributed by atoms with Crippen LogP contribution in [0.3, 0.4) is 0 Å². The molecular weight excluding hydrogens is 392 g/mol. The van der Waals surface area contributed by atoms with Crippen LogP contribution in [0.1, 0.15) is 25.7 Å². The zero-order valence-electron chi connectivity index (χ0n) is 10.9. The molecule has 5 nitrogen and oxygen atoms in total. The predicted molar refractivity (Wildman–Crippen MR) is 84.3 cm³/mol. The van der Waals surface area contributed by atoms with E-state index in [0.29, 0.717) is 27.3 Å². The fourth-order valence-corrected chi connectivity index (χ4v) is 3.65. The Labute approximate surface area is 134 Å². The molecule has 0 aliphatic carbocycles. The number of ether oxygens (including phenoxy) is 1. The summed E-state index contributed by atoms with van der Waals surface area (Å²) in [7, 11) is 0. The van der Waals surface area contributed by atoms with Crippen LogP contribution in [0.4, 0.5) is 5.69 Å². The zero-order valence-corrected chi connectivity index (χ0v) is 14.1. The van der Waals surface area contributed by atoms with Gasteiger partial charge in [-0.05, 0) is 57.7 Å². The Kier molecular flexibility index (Phi) is 5.80. The van der Waals surface area contributed by atoms with E-state index in [1.807, 2.05) is 0 Å². The van der Waals surface area contributed by atoms with Crippen LogP contribution in [0.2, 0.25) is 0 Å². The van der Waals surface area contributed by atoms with Crippen LogP contribution in [0.25, 0.3) is 0 Å². The third-order valence-electron chi connectivity index (χ3n) is 3.32. The van der Waals surface area contributed by atoms with Gasteiger partial charge in [0.05, 0.1) is 20.5 Å². The van der Waals surface area contributed by atoms with Gasteiger partial charge in [0.1, 0.15) is 5.75 Å². The van der Waals surface area contributed by atoms with Crippen LogP contribution < -0.4 is 10.1 Å². The van der Waals surface area contributed by atoms with Crippen LogP contribution in [0, 0.1) is 10.1 Å². The summed E-state index contributed by atoms with van der Waals surface area (Å²) >= 11 is 6.63. The summed E-state index contributed by atoms with van der Waals surface area (Å²) in [5.74, 6) is 0.617. The first-order valence-electron chi connectivity index (χ1n) is 6.57. The highest BCUT2D eigenvalue weighted by Crippen LogP contribution is 2.37. The summed E-state index contributed by atoms with van der Waals surface area (Å²) in [6.07, 6.45) is 4.64. The topological polar surface area (TPSA) is 64.4 Å². The molecule has 0 spiro atoms. The van der Waals surface area contributed by atoms with Gasteiger partial charge >= 0.3 is 0 Å². The van der Waals surface area contributed by atoms with E-state index in [0.717, 1.165) is 13.0 Å². The van der Waals surface area contributed by atoms with Crippen LogP contribution >= 0.6 is 31.9 Å². The average Bonchev–Trinajstić information content (AvgIpc) is 2.42. The number of hydrogen-bond acceptors (Lipinski definition) is 4. The lowest BCUT2D eigenvalue weighted by atomic mass is 10.0. The average molecular weight is 408 g/mol. The van der Waals surface area contributed by atoms with Gasteiger partial charge in [-0.1, -0.05) is 6.42 Å². The third kappa shape index (κ3) is 4.17. The summed E-state index contributed by atoms with van der Waals surface area (Å²) in [4.78, 5) is 10.3. The van der Waals surface area contributed by atoms with E-state index in [1.54, 1.807) is 0 Å². The van der Waals surface area contributed by atoms with Gasteiger partial charge in [-0.15, -0.1) is 0 Å². The van der Waals surface area contributed by atoms with Crippen molar-refractivity contribution >= 4 is 37.5 Å². The van der Waals surface area contributed by atoms with Crippen molar-refractivity contribution in [2.24, 2.45) is 0 Å². The molecule has 0 aromatic heterocycles. The monoisotopic (exact) mass is 406 g/mol. The van der Waals surface area contributed by atoms with E-state index in [4.69, 9.17) is 4.74 Å². The molecule has 1 heterocycles. The molecule has 1 fully saturated rings. The minimum Gasteiger partial charge on any atom is -0.491 e. The second-order valence-corrected chi connectivity index (χ2v) is 6.49. The van der Waals surface area contributed by atoms with Crippen molar-refractivity contribution in [1.82, 2.24) is 5.32 Å². The molecule has 1 N–H and O–H groups in total. The molecule has 1 aliphatic heterocycles. The van der Waals surface area contributed by atoms with Crippen molar-refractivity contribution in [2.75, 3.05) is 13.2 Å². The Hall–Kier alpha value is -0.660. The lowest BCUT2D eigenvalue weighted by Crippen LogP contribution is -2.35. The zero-order chi connectivity index (χ0) is 14.5. The number of hydrogen-bond donors (Lipinski definition) is 1. The quantitative estimate of drug-likeness (QED) is 0.591. The summed E-state index contributed by atoms with van der Waals surface area (Å²) in [6.45, 7) is 1.67. The van der Waals surface area contributed by atoms with E-state index >= 15 is 0 Å². The van der Waals surface area contributed by atoms with Crippen LogP contribution in [-0.4, -0.2) is 24.1 Å². The summed E-state index contributed by atoms with van der Waals surface area (Å²) in [5, 5.41) is 14.2. The van der Waals surface area contributed by atoms with E-state index < -0.39 is 4.92 Å². The van der Waals surface area contributed by atoms with Crippen molar-refractivity contribution in [2.45, 2.75) is 31.7 Å². The summed E-state index contributed by atoms with van der Waals surface area (Å²) in [6, 6.07) is 3.43. The van der Waals surface area contributed by atoms with Gasteiger partial charge in [-0.3, -0.25) is 10.1 Å². The van der Waals surface area contributed by atoms with Gasteiger partial charge in [0.15, 0.2) is 0 Å². The van der Waals surface area contributed by atoms with Crippen molar-refractivity contribution < 1.29 is 9.66 Å². The van der Waals surface area contributed by atoms with Crippen molar-refractivity contribution in [3.63, 3.8) is 0 Å². The second-order valence-electron chi connectivity index (χ2n) is 4.78. The van der Waals surface area contributed by atoms with Gasteiger partial charge < -0.3 is 10.1 Å². The third-order valence-corrected chi connectivity index (χ3v) is 4.50. The largest absolute Gasteiger partial charge is 0.491 e. The standard InChI is InChI=1S/C13H16Br2N2O3/c14-11-7-10(17(18)19)8-12(15)13(11)20-6-4-9-3-1-2-5-16-9/h7-9,16H,1-6H2. The van der Waals surface area contributed by atoms with Crippen LogP contribution in [-0.2, 0) is 0 Å². The molecule has 2 rings (SSSR count).